The predicted molar refractivity (Wildman–Crippen MR) is 166 cm³/mol. The maximum absolute atomic E-state index is 13.0. The lowest BCUT2D eigenvalue weighted by Crippen LogP contribution is -2.53. The monoisotopic (exact) mass is 628 g/mol. The van der Waals surface area contributed by atoms with Gasteiger partial charge in [-0.2, -0.15) is 0 Å². The van der Waals surface area contributed by atoms with Gasteiger partial charge in [0.05, 0.1) is 24.7 Å². The number of alkyl carbamates (subject to hydrolysis) is 1. The van der Waals surface area contributed by atoms with Crippen LogP contribution in [0.1, 0.15) is 39.2 Å². The molecule has 2 aromatic carbocycles. The quantitative estimate of drug-likeness (QED) is 0.0511. The van der Waals surface area contributed by atoms with Crippen molar-refractivity contribution in [2.75, 3.05) is 25.0 Å². The van der Waals surface area contributed by atoms with Crippen molar-refractivity contribution >= 4 is 41.1 Å². The number of carbonyl (C=O) groups excluding carboxylic acids is 4. The normalized spacial score (nSPS) is 12.2. The van der Waals surface area contributed by atoms with Crippen LogP contribution in [0.4, 0.5) is 16.2 Å². The van der Waals surface area contributed by atoms with E-state index in [4.69, 9.17) is 20.9 Å². The van der Waals surface area contributed by atoms with Crippen molar-refractivity contribution in [3.05, 3.63) is 70.3 Å². The molecule has 0 spiro atoms. The Balaban J connectivity index is 2.03. The highest BCUT2D eigenvalue weighted by atomic mass is 16.6. The Morgan fingerprint density at radius 3 is 2.22 bits per heavy atom. The first kappa shape index (κ1) is 35.9. The van der Waals surface area contributed by atoms with Crippen LogP contribution < -0.4 is 32.7 Å². The Kier molecular flexibility index (Phi) is 14.2. The molecule has 8 N–H and O–H groups in total. The van der Waals surface area contributed by atoms with Gasteiger partial charge in [0, 0.05) is 24.4 Å². The second kappa shape index (κ2) is 17.8. The molecule has 244 valence electrons. The van der Waals surface area contributed by atoms with E-state index in [2.05, 4.69) is 26.3 Å². The lowest BCUT2D eigenvalue weighted by atomic mass is 10.1. The maximum atomic E-state index is 13.0. The first-order chi connectivity index (χ1) is 21.2. The van der Waals surface area contributed by atoms with E-state index in [0.29, 0.717) is 6.42 Å². The van der Waals surface area contributed by atoms with Crippen LogP contribution in [0.15, 0.2) is 59.6 Å². The van der Waals surface area contributed by atoms with Gasteiger partial charge in [-0.15, -0.1) is 0 Å². The summed E-state index contributed by atoms with van der Waals surface area (Å²) in [5, 5.41) is 21.0. The maximum Gasteiger partial charge on any atom is 0.408 e. The summed E-state index contributed by atoms with van der Waals surface area (Å²) < 4.78 is 10.9. The molecular formula is C29H40N8O8. The number of amides is 4. The summed E-state index contributed by atoms with van der Waals surface area (Å²) in [6, 6.07) is 12.1. The Hall–Kier alpha value is -5.25. The Morgan fingerprint density at radius 1 is 0.956 bits per heavy atom. The number of benzene rings is 2. The number of nitrogens with one attached hydrogen (secondary N) is 4. The summed E-state index contributed by atoms with van der Waals surface area (Å²) >= 11 is 0. The van der Waals surface area contributed by atoms with Crippen molar-refractivity contribution in [1.82, 2.24) is 16.0 Å². The highest BCUT2D eigenvalue weighted by Gasteiger charge is 2.26. The highest BCUT2D eigenvalue weighted by Crippen LogP contribution is 2.16. The predicted octanol–water partition coefficient (Wildman–Crippen LogP) is 1.30. The summed E-state index contributed by atoms with van der Waals surface area (Å²) in [6.07, 6.45) is -0.395. The third kappa shape index (κ3) is 14.7. The van der Waals surface area contributed by atoms with Crippen LogP contribution in [0, 0.1) is 10.1 Å². The fourth-order valence-corrected chi connectivity index (χ4v) is 3.71. The summed E-state index contributed by atoms with van der Waals surface area (Å²) in [5.41, 5.74) is 10.8. The Labute approximate surface area is 260 Å². The second-order valence-corrected chi connectivity index (χ2v) is 10.8. The van der Waals surface area contributed by atoms with E-state index in [1.54, 1.807) is 20.8 Å². The lowest BCUT2D eigenvalue weighted by Gasteiger charge is -2.23. The van der Waals surface area contributed by atoms with Gasteiger partial charge in [-0.1, -0.05) is 30.3 Å². The molecule has 2 aromatic rings. The molecule has 0 aromatic heterocycles. The number of nitro benzene ring substituents is 1. The molecule has 2 atom stereocenters. The first-order valence-electron chi connectivity index (χ1n) is 14.0. The molecule has 0 saturated carbocycles. The molecule has 4 amide bonds. The number of rotatable bonds is 16. The summed E-state index contributed by atoms with van der Waals surface area (Å²) in [4.78, 5) is 65.4. The van der Waals surface area contributed by atoms with E-state index in [1.165, 1.54) is 24.3 Å². The van der Waals surface area contributed by atoms with Crippen molar-refractivity contribution in [3.8, 4) is 0 Å². The zero-order valence-electron chi connectivity index (χ0n) is 25.4. The number of carbonyl (C=O) groups is 4. The fraction of sp³-hybridized carbons (Fsp3) is 0.414. The standard InChI is InChI=1S/C29H40N8O8/c1-29(2,3)45-28(41)36-23(18-44-17-19-8-5-4-6-9-19)25(39)33-16-24(38)35-22(10-7-15-32-27(30)31)26(40)34-20-11-13-21(14-12-20)37(42)43/h4-6,8-9,11-14,22-23H,7,10,15-18H2,1-3H3,(H,33,39)(H,34,40)(H,35,38)(H,36,41)(H4,30,31,32)/t22-,23-/m1/s1. The molecule has 0 heterocycles. The van der Waals surface area contributed by atoms with Crippen LogP contribution in [0.25, 0.3) is 0 Å². The SMILES string of the molecule is CC(C)(C)OC(=O)N[C@H](COCc1ccccc1)C(=O)NCC(=O)N[C@H](CCCN=C(N)N)C(=O)Nc1ccc([N+](=O)[O-])cc1. The Bertz CT molecular complexity index is 1330. The van der Waals surface area contributed by atoms with Gasteiger partial charge in [-0.05, 0) is 51.3 Å². The minimum atomic E-state index is -1.20. The molecule has 0 unspecified atom stereocenters. The van der Waals surface area contributed by atoms with Crippen molar-refractivity contribution in [1.29, 1.82) is 0 Å². The van der Waals surface area contributed by atoms with Crippen LogP contribution in [-0.2, 0) is 30.5 Å². The van der Waals surface area contributed by atoms with Crippen molar-refractivity contribution in [3.63, 3.8) is 0 Å². The van der Waals surface area contributed by atoms with Gasteiger partial charge >= 0.3 is 6.09 Å². The molecule has 0 aliphatic carbocycles. The molecular weight excluding hydrogens is 588 g/mol. The van der Waals surface area contributed by atoms with Gasteiger partial charge < -0.3 is 42.2 Å². The van der Waals surface area contributed by atoms with Gasteiger partial charge in [-0.3, -0.25) is 29.5 Å². The van der Waals surface area contributed by atoms with Crippen LogP contribution in [-0.4, -0.2) is 72.1 Å². The topological polar surface area (TPSA) is 242 Å². The van der Waals surface area contributed by atoms with Crippen LogP contribution in [0.3, 0.4) is 0 Å². The average molecular weight is 629 g/mol. The average Bonchev–Trinajstić information content (AvgIpc) is 2.96. The number of non-ortho nitro benzene ring substituents is 1. The van der Waals surface area contributed by atoms with Crippen molar-refractivity contribution in [2.24, 2.45) is 16.5 Å². The minimum Gasteiger partial charge on any atom is -0.444 e. The number of guanidine groups is 1. The second-order valence-electron chi connectivity index (χ2n) is 10.8. The van der Waals surface area contributed by atoms with E-state index in [0.717, 1.165) is 5.56 Å². The third-order valence-corrected chi connectivity index (χ3v) is 5.77. The number of anilines is 1. The van der Waals surface area contributed by atoms with E-state index in [9.17, 15) is 29.3 Å². The molecule has 0 fully saturated rings. The van der Waals surface area contributed by atoms with Gasteiger partial charge in [0.2, 0.25) is 17.7 Å². The Morgan fingerprint density at radius 2 is 1.62 bits per heavy atom. The minimum absolute atomic E-state index is 0.129. The molecule has 45 heavy (non-hydrogen) atoms. The molecule has 0 saturated heterocycles. The number of aliphatic imine (C=N–C) groups is 1. The van der Waals surface area contributed by atoms with E-state index >= 15 is 0 Å². The van der Waals surface area contributed by atoms with Crippen LogP contribution in [0.5, 0.6) is 0 Å². The molecule has 0 aliphatic rings. The van der Waals surface area contributed by atoms with E-state index in [-0.39, 0.29) is 43.5 Å². The number of nitrogens with two attached hydrogens (primary N) is 2. The number of hydrogen-bond donors (Lipinski definition) is 6. The lowest BCUT2D eigenvalue weighted by molar-refractivity contribution is -0.384. The third-order valence-electron chi connectivity index (χ3n) is 5.77. The molecule has 16 nitrogen and oxygen atoms in total. The van der Waals surface area contributed by atoms with Crippen LogP contribution >= 0.6 is 0 Å². The summed E-state index contributed by atoms with van der Waals surface area (Å²) in [7, 11) is 0. The van der Waals surface area contributed by atoms with Crippen molar-refractivity contribution < 1.29 is 33.6 Å². The fourth-order valence-electron chi connectivity index (χ4n) is 3.71. The molecule has 0 radical (unpaired) electrons. The van der Waals surface area contributed by atoms with Gasteiger partial charge in [0.1, 0.15) is 17.7 Å². The highest BCUT2D eigenvalue weighted by molar-refractivity contribution is 5.98. The summed E-state index contributed by atoms with van der Waals surface area (Å²) in [6.45, 7) is 4.63. The number of nitro groups is 1. The smallest absolute Gasteiger partial charge is 0.408 e. The van der Waals surface area contributed by atoms with Crippen molar-refractivity contribution in [2.45, 2.75) is 57.9 Å². The van der Waals surface area contributed by atoms with Gasteiger partial charge in [0.25, 0.3) is 5.69 Å². The molecule has 16 heteroatoms. The number of ether oxygens (including phenoxy) is 2. The largest absolute Gasteiger partial charge is 0.444 e. The van der Waals surface area contributed by atoms with Gasteiger partial charge in [0.15, 0.2) is 5.96 Å². The molecule has 0 aliphatic heterocycles. The van der Waals surface area contributed by atoms with Crippen LogP contribution in [0.2, 0.25) is 0 Å². The zero-order chi connectivity index (χ0) is 33.4. The van der Waals surface area contributed by atoms with Gasteiger partial charge in [-0.25, -0.2) is 4.79 Å². The van der Waals surface area contributed by atoms with E-state index < -0.39 is 53.0 Å². The first-order valence-corrected chi connectivity index (χ1v) is 14.0. The zero-order valence-corrected chi connectivity index (χ0v) is 25.4. The number of hydrogen-bond acceptors (Lipinski definition) is 9. The number of nitrogens with zero attached hydrogens (tertiary/aromatic N) is 2. The molecule has 0 bridgehead atoms. The molecule has 2 rings (SSSR count). The van der Waals surface area contributed by atoms with E-state index in [1.807, 2.05) is 30.3 Å². The summed E-state index contributed by atoms with van der Waals surface area (Å²) in [5.74, 6) is -2.15.